The molecule has 0 aliphatic heterocycles. The molecule has 6 heteroatoms. The molecular formula is C63H64N3OPtSi-. The van der Waals surface area contributed by atoms with E-state index in [0.717, 1.165) is 78.0 Å². The number of imidazole rings is 1. The zero-order chi connectivity index (χ0) is 48.3. The van der Waals surface area contributed by atoms with Crippen LogP contribution in [0.5, 0.6) is 5.75 Å². The van der Waals surface area contributed by atoms with Gasteiger partial charge in [-0.2, -0.15) is 0 Å². The van der Waals surface area contributed by atoms with Gasteiger partial charge in [-0.3, -0.25) is 9.55 Å². The largest absolute Gasteiger partial charge is 0.507 e. The predicted octanol–water partition coefficient (Wildman–Crippen LogP) is 16.4. The van der Waals surface area contributed by atoms with Gasteiger partial charge in [-0.1, -0.05) is 219 Å². The molecule has 2 heterocycles. The SMILES string of the molecule is CC(C)(C)c1ccc(-n2c(-c3cc(C(C)(C)C)cc(C(C)(C)C)c3O)nc3c(-c4[c-]c(-c5cc(-c6ccccc6)ccn5)cc(-c5ccccc5[Si](C)(C)C)c4)cccc32)c(-c2ccccc2)c1.[Pt]. The first-order valence-electron chi connectivity index (χ1n) is 24.0. The van der Waals surface area contributed by atoms with Crippen LogP contribution in [0.1, 0.15) is 79.0 Å². The van der Waals surface area contributed by atoms with Crippen molar-refractivity contribution < 1.29 is 26.2 Å². The van der Waals surface area contributed by atoms with E-state index in [1.807, 2.05) is 12.3 Å². The number of hydrogen-bond donors (Lipinski definition) is 1. The Morgan fingerprint density at radius 3 is 1.77 bits per heavy atom. The van der Waals surface area contributed by atoms with Crippen molar-refractivity contribution in [2.24, 2.45) is 0 Å². The standard InChI is InChI=1S/C63H64N3OSi.Pt/c1-61(2,3)47-30-31-55(51(38-47)42-24-17-14-18-25-42)66-56-28-21-27-50(58(56)65-60(66)52-39-48(62(4,5)6)40-53(59(52)67)63(7,8)9)45-34-44(49-26-19-20-29-57(49)68(10,11)12)35-46(36-45)54-37-43(32-33-64-54)41-22-15-13-16-23-41;/h13-35,37-40,67H,1-12H3;/q-1;. The normalized spacial score (nSPS) is 12.3. The monoisotopic (exact) mass is 1100 g/mol. The maximum Gasteiger partial charge on any atom is 0.148 e. The Morgan fingerprint density at radius 2 is 1.12 bits per heavy atom. The Hall–Kier alpha value is -6.13. The third-order valence-electron chi connectivity index (χ3n) is 13.2. The van der Waals surface area contributed by atoms with Crippen molar-refractivity contribution in [3.8, 4) is 78.6 Å². The van der Waals surface area contributed by atoms with Crippen LogP contribution in [0.3, 0.4) is 0 Å². The number of fused-ring (bicyclic) bond motifs is 1. The smallest absolute Gasteiger partial charge is 0.148 e. The molecule has 0 saturated carbocycles. The first-order chi connectivity index (χ1) is 32.2. The van der Waals surface area contributed by atoms with E-state index in [1.165, 1.54) is 16.3 Å². The summed E-state index contributed by atoms with van der Waals surface area (Å²) >= 11 is 0. The van der Waals surface area contributed by atoms with E-state index in [9.17, 15) is 5.11 Å². The van der Waals surface area contributed by atoms with Crippen LogP contribution in [-0.4, -0.2) is 27.7 Å². The van der Waals surface area contributed by atoms with E-state index in [2.05, 4.69) is 244 Å². The van der Waals surface area contributed by atoms with Gasteiger partial charge in [-0.25, -0.2) is 4.98 Å². The molecule has 7 aromatic carbocycles. The van der Waals surface area contributed by atoms with Crippen LogP contribution in [0.25, 0.3) is 83.9 Å². The van der Waals surface area contributed by atoms with E-state index in [-0.39, 0.29) is 43.1 Å². The molecule has 0 aliphatic rings. The summed E-state index contributed by atoms with van der Waals surface area (Å²) in [7, 11) is -1.79. The zero-order valence-corrected chi connectivity index (χ0v) is 45.5. The van der Waals surface area contributed by atoms with Crippen molar-refractivity contribution in [3.63, 3.8) is 0 Å². The van der Waals surface area contributed by atoms with Crippen LogP contribution in [-0.2, 0) is 37.3 Å². The molecular weight excluding hydrogens is 1040 g/mol. The topological polar surface area (TPSA) is 50.9 Å². The maximum atomic E-state index is 12.6. The van der Waals surface area contributed by atoms with Gasteiger partial charge >= 0.3 is 0 Å². The molecule has 69 heavy (non-hydrogen) atoms. The summed E-state index contributed by atoms with van der Waals surface area (Å²) in [6.07, 6.45) is 1.90. The minimum atomic E-state index is -1.79. The van der Waals surface area contributed by atoms with Crippen molar-refractivity contribution in [2.45, 2.75) is 98.2 Å². The van der Waals surface area contributed by atoms with Crippen LogP contribution in [0.4, 0.5) is 0 Å². The van der Waals surface area contributed by atoms with Crippen LogP contribution in [0.15, 0.2) is 164 Å². The van der Waals surface area contributed by atoms with Gasteiger partial charge in [0.05, 0.1) is 30.4 Å². The van der Waals surface area contributed by atoms with Crippen molar-refractivity contribution in [3.05, 3.63) is 187 Å². The average molecular weight is 1100 g/mol. The summed E-state index contributed by atoms with van der Waals surface area (Å²) in [6.45, 7) is 27.2. The van der Waals surface area contributed by atoms with Gasteiger partial charge in [0.2, 0.25) is 0 Å². The number of pyridine rings is 1. The number of para-hydroxylation sites is 1. The molecule has 0 unspecified atom stereocenters. The minimum Gasteiger partial charge on any atom is -0.507 e. The maximum absolute atomic E-state index is 12.6. The molecule has 0 spiro atoms. The molecule has 1 N–H and O–H groups in total. The molecule has 2 aromatic heterocycles. The fourth-order valence-electron chi connectivity index (χ4n) is 9.38. The quantitative estimate of drug-likeness (QED) is 0.122. The number of phenols is 1. The second-order valence-electron chi connectivity index (χ2n) is 22.5. The number of benzene rings is 7. The first kappa shape index (κ1) is 49.3. The third kappa shape index (κ3) is 9.87. The molecule has 352 valence electrons. The second-order valence-corrected chi connectivity index (χ2v) is 27.5. The first-order valence-corrected chi connectivity index (χ1v) is 27.5. The van der Waals surface area contributed by atoms with Gasteiger partial charge in [0.25, 0.3) is 0 Å². The number of aromatic hydroxyl groups is 1. The van der Waals surface area contributed by atoms with Crippen molar-refractivity contribution in [1.29, 1.82) is 0 Å². The fraction of sp³-hybridized carbons (Fsp3) is 0.238. The Kier molecular flexibility index (Phi) is 13.3. The summed E-state index contributed by atoms with van der Waals surface area (Å²) in [4.78, 5) is 10.7. The van der Waals surface area contributed by atoms with Crippen LogP contribution < -0.4 is 5.19 Å². The molecule has 0 saturated heterocycles. The van der Waals surface area contributed by atoms with E-state index in [4.69, 9.17) is 9.97 Å². The van der Waals surface area contributed by atoms with E-state index in [1.54, 1.807) is 0 Å². The second kappa shape index (κ2) is 18.6. The van der Waals surface area contributed by atoms with Gasteiger partial charge in [-0.05, 0) is 80.0 Å². The number of aromatic nitrogens is 3. The average Bonchev–Trinajstić information content (AvgIpc) is 3.70. The van der Waals surface area contributed by atoms with Crippen LogP contribution in [0.2, 0.25) is 19.6 Å². The summed E-state index contributed by atoms with van der Waals surface area (Å²) in [5.41, 5.74) is 16.5. The molecule has 9 rings (SSSR count). The molecule has 0 radical (unpaired) electrons. The third-order valence-corrected chi connectivity index (χ3v) is 15.3. The summed E-state index contributed by atoms with van der Waals surface area (Å²) < 4.78 is 2.29. The van der Waals surface area contributed by atoms with Crippen LogP contribution >= 0.6 is 0 Å². The van der Waals surface area contributed by atoms with Crippen molar-refractivity contribution in [1.82, 2.24) is 14.5 Å². The Labute approximate surface area is 425 Å². The predicted molar refractivity (Wildman–Crippen MR) is 291 cm³/mol. The van der Waals surface area contributed by atoms with E-state index in [0.29, 0.717) is 11.4 Å². The van der Waals surface area contributed by atoms with Crippen molar-refractivity contribution in [2.75, 3.05) is 0 Å². The van der Waals surface area contributed by atoms with E-state index < -0.39 is 8.07 Å². The van der Waals surface area contributed by atoms with Gasteiger partial charge < -0.3 is 5.11 Å². The Morgan fingerprint density at radius 1 is 0.507 bits per heavy atom. The fourth-order valence-corrected chi connectivity index (χ4v) is 11.0. The Balaban J connectivity index is 0.00000642. The van der Waals surface area contributed by atoms with Gasteiger partial charge in [0.15, 0.2) is 0 Å². The molecule has 0 bridgehead atoms. The van der Waals surface area contributed by atoms with E-state index >= 15 is 0 Å². The van der Waals surface area contributed by atoms with Crippen molar-refractivity contribution >= 4 is 24.3 Å². The number of rotatable bonds is 8. The number of phenolic OH excluding ortho intramolecular Hbond substituents is 1. The molecule has 0 amide bonds. The summed E-state index contributed by atoms with van der Waals surface area (Å²) in [5, 5.41) is 14.0. The zero-order valence-electron chi connectivity index (χ0n) is 42.2. The van der Waals surface area contributed by atoms with Gasteiger partial charge in [0, 0.05) is 44.1 Å². The van der Waals surface area contributed by atoms with Gasteiger partial charge in [-0.15, -0.1) is 23.8 Å². The molecule has 4 nitrogen and oxygen atoms in total. The van der Waals surface area contributed by atoms with Gasteiger partial charge in [0.1, 0.15) is 11.6 Å². The summed E-state index contributed by atoms with van der Waals surface area (Å²) in [6, 6.07) is 60.4. The minimum absolute atomic E-state index is 0. The molecule has 9 aromatic rings. The van der Waals surface area contributed by atoms with Crippen LogP contribution in [0, 0.1) is 6.07 Å². The molecule has 0 aliphatic carbocycles. The molecule has 0 fully saturated rings. The molecule has 0 atom stereocenters. The number of hydrogen-bond acceptors (Lipinski definition) is 3. The summed E-state index contributed by atoms with van der Waals surface area (Å²) in [5.74, 6) is 0.930. The number of nitrogens with zero attached hydrogens (tertiary/aromatic N) is 3. The Bertz CT molecular complexity index is 3330.